The minimum absolute atomic E-state index is 0.233. The summed E-state index contributed by atoms with van der Waals surface area (Å²) < 4.78 is 5.59. The molecule has 1 aromatic rings. The molecule has 6 heteroatoms. The van der Waals surface area contributed by atoms with Gasteiger partial charge < -0.3 is 10.1 Å². The molecule has 0 saturated heterocycles. The maximum absolute atomic E-state index is 12.2. The first-order chi connectivity index (χ1) is 12.7. The first-order valence-electron chi connectivity index (χ1n) is 9.63. The third kappa shape index (κ3) is 10.2. The number of rotatable bonds is 15. The number of benzene rings is 1. The molecule has 26 heavy (non-hydrogen) atoms. The van der Waals surface area contributed by atoms with Gasteiger partial charge in [0.15, 0.2) is 5.44 Å². The van der Waals surface area contributed by atoms with E-state index in [1.165, 1.54) is 36.6 Å². The Morgan fingerprint density at radius 1 is 1.12 bits per heavy atom. The Kier molecular flexibility index (Phi) is 13.3. The van der Waals surface area contributed by atoms with Gasteiger partial charge in [0.2, 0.25) is 0 Å². The average molecular weight is 383 g/mol. The third-order valence-corrected chi connectivity index (χ3v) is 5.08. The van der Waals surface area contributed by atoms with Crippen molar-refractivity contribution in [3.63, 3.8) is 0 Å². The van der Waals surface area contributed by atoms with E-state index in [1.807, 2.05) is 19.9 Å². The molecule has 148 valence electrons. The number of hydrogen-bond donors (Lipinski definition) is 2. The molecule has 1 aromatic carbocycles. The normalized spacial score (nSPS) is 13.3. The van der Waals surface area contributed by atoms with Crippen molar-refractivity contribution >= 4 is 17.7 Å². The van der Waals surface area contributed by atoms with Gasteiger partial charge in [0.25, 0.3) is 5.91 Å². The van der Waals surface area contributed by atoms with Gasteiger partial charge in [-0.3, -0.25) is 9.63 Å². The topological polar surface area (TPSA) is 59.6 Å². The number of carbonyl (C=O) groups excluding carboxylic acids is 1. The molecule has 0 aliphatic carbocycles. The zero-order valence-electron chi connectivity index (χ0n) is 16.3. The van der Waals surface area contributed by atoms with Gasteiger partial charge in [0.05, 0.1) is 6.61 Å². The summed E-state index contributed by atoms with van der Waals surface area (Å²) in [5, 5.41) is 3.64. The van der Waals surface area contributed by atoms with Crippen LogP contribution in [0.15, 0.2) is 30.3 Å². The SMILES string of the molecule is CCCCCNC(CSC(OCC)C(=O)NOCC)Cc1ccccc1. The van der Waals surface area contributed by atoms with Gasteiger partial charge in [-0.25, -0.2) is 5.48 Å². The minimum Gasteiger partial charge on any atom is -0.358 e. The van der Waals surface area contributed by atoms with Crippen molar-refractivity contribution in [1.29, 1.82) is 0 Å². The van der Waals surface area contributed by atoms with Crippen LogP contribution in [0.5, 0.6) is 0 Å². The van der Waals surface area contributed by atoms with Crippen molar-refractivity contribution in [3.05, 3.63) is 35.9 Å². The molecule has 0 aliphatic rings. The van der Waals surface area contributed by atoms with Crippen LogP contribution in [0, 0.1) is 0 Å². The largest absolute Gasteiger partial charge is 0.358 e. The lowest BCUT2D eigenvalue weighted by Gasteiger charge is -2.22. The summed E-state index contributed by atoms with van der Waals surface area (Å²) in [6, 6.07) is 10.7. The summed E-state index contributed by atoms with van der Waals surface area (Å²) in [5.74, 6) is 0.564. The van der Waals surface area contributed by atoms with Crippen LogP contribution in [0.3, 0.4) is 0 Å². The van der Waals surface area contributed by atoms with Gasteiger partial charge in [-0.05, 0) is 38.8 Å². The lowest BCUT2D eigenvalue weighted by molar-refractivity contribution is -0.139. The van der Waals surface area contributed by atoms with Crippen LogP contribution >= 0.6 is 11.8 Å². The molecule has 1 rings (SSSR count). The van der Waals surface area contributed by atoms with Crippen LogP contribution in [0.1, 0.15) is 45.6 Å². The zero-order valence-corrected chi connectivity index (χ0v) is 17.1. The van der Waals surface area contributed by atoms with Crippen molar-refractivity contribution in [2.45, 2.75) is 57.9 Å². The molecule has 0 radical (unpaired) electrons. The Morgan fingerprint density at radius 2 is 1.88 bits per heavy atom. The summed E-state index contributed by atoms with van der Waals surface area (Å²) in [5.41, 5.74) is 3.19. The Bertz CT molecular complexity index is 473. The predicted molar refractivity (Wildman–Crippen MR) is 109 cm³/mol. The van der Waals surface area contributed by atoms with E-state index >= 15 is 0 Å². The van der Waals surface area contributed by atoms with Gasteiger partial charge in [-0.1, -0.05) is 50.1 Å². The van der Waals surface area contributed by atoms with Crippen LogP contribution in [-0.4, -0.2) is 42.9 Å². The van der Waals surface area contributed by atoms with E-state index in [9.17, 15) is 4.79 Å². The van der Waals surface area contributed by atoms with Crippen LogP contribution in [-0.2, 0) is 20.8 Å². The summed E-state index contributed by atoms with van der Waals surface area (Å²) in [6.45, 7) is 7.86. The van der Waals surface area contributed by atoms with E-state index in [-0.39, 0.29) is 5.91 Å². The molecule has 0 fully saturated rings. The van der Waals surface area contributed by atoms with Crippen molar-refractivity contribution in [3.8, 4) is 0 Å². The fraction of sp³-hybridized carbons (Fsp3) is 0.650. The molecular weight excluding hydrogens is 348 g/mol. The molecular formula is C20H34N2O3S. The van der Waals surface area contributed by atoms with Crippen LogP contribution in [0.2, 0.25) is 0 Å². The van der Waals surface area contributed by atoms with Gasteiger partial charge in [-0.15, -0.1) is 11.8 Å². The Balaban J connectivity index is 2.58. The lowest BCUT2D eigenvalue weighted by atomic mass is 10.1. The average Bonchev–Trinajstić information content (AvgIpc) is 2.67. The van der Waals surface area contributed by atoms with Crippen molar-refractivity contribution in [1.82, 2.24) is 10.8 Å². The lowest BCUT2D eigenvalue weighted by Crippen LogP contribution is -2.38. The molecule has 0 spiro atoms. The number of nitrogens with one attached hydrogen (secondary N) is 2. The number of hydrogen-bond acceptors (Lipinski definition) is 5. The predicted octanol–water partition coefficient (Wildman–Crippen LogP) is 3.54. The van der Waals surface area contributed by atoms with E-state index in [2.05, 4.69) is 42.0 Å². The molecule has 0 saturated carbocycles. The van der Waals surface area contributed by atoms with Gasteiger partial charge >= 0.3 is 0 Å². The molecule has 5 nitrogen and oxygen atoms in total. The van der Waals surface area contributed by atoms with E-state index in [4.69, 9.17) is 9.57 Å². The standard InChI is InChI=1S/C20H34N2O3S/c1-4-7-11-14-21-18(15-17-12-9-8-10-13-17)16-26-20(24-5-2)19(23)22-25-6-3/h8-10,12-13,18,20-21H,4-7,11,14-16H2,1-3H3,(H,22,23). The number of amides is 1. The molecule has 0 aromatic heterocycles. The fourth-order valence-corrected chi connectivity index (χ4v) is 3.59. The maximum atomic E-state index is 12.2. The Hall–Kier alpha value is -1.08. The number of thioether (sulfide) groups is 1. The molecule has 1 amide bonds. The molecule has 2 N–H and O–H groups in total. The Morgan fingerprint density at radius 3 is 2.54 bits per heavy atom. The highest BCUT2D eigenvalue weighted by Gasteiger charge is 2.21. The fourth-order valence-electron chi connectivity index (χ4n) is 2.52. The van der Waals surface area contributed by atoms with E-state index in [0.29, 0.717) is 19.3 Å². The number of carbonyl (C=O) groups is 1. The molecule has 0 aliphatic heterocycles. The quantitative estimate of drug-likeness (QED) is 0.276. The van der Waals surface area contributed by atoms with Crippen LogP contribution in [0.4, 0.5) is 0 Å². The summed E-state index contributed by atoms with van der Waals surface area (Å²) in [6.07, 6.45) is 4.55. The molecule has 0 heterocycles. The van der Waals surface area contributed by atoms with Crippen LogP contribution in [0.25, 0.3) is 0 Å². The number of unbranched alkanes of at least 4 members (excludes halogenated alkanes) is 2. The highest BCUT2D eigenvalue weighted by molar-refractivity contribution is 8.00. The molecule has 0 bridgehead atoms. The van der Waals surface area contributed by atoms with E-state index < -0.39 is 5.44 Å². The van der Waals surface area contributed by atoms with Crippen LogP contribution < -0.4 is 10.8 Å². The smallest absolute Gasteiger partial charge is 0.283 e. The van der Waals surface area contributed by atoms with Crippen molar-refractivity contribution < 1.29 is 14.4 Å². The highest BCUT2D eigenvalue weighted by atomic mass is 32.2. The minimum atomic E-state index is -0.553. The summed E-state index contributed by atoms with van der Waals surface area (Å²) in [4.78, 5) is 17.2. The second-order valence-corrected chi connectivity index (χ2v) is 7.16. The molecule has 2 atom stereocenters. The van der Waals surface area contributed by atoms with E-state index in [0.717, 1.165) is 18.7 Å². The number of hydroxylamine groups is 1. The molecule has 2 unspecified atom stereocenters. The zero-order chi connectivity index (χ0) is 19.0. The highest BCUT2D eigenvalue weighted by Crippen LogP contribution is 2.17. The van der Waals surface area contributed by atoms with Gasteiger partial charge in [-0.2, -0.15) is 0 Å². The monoisotopic (exact) mass is 382 g/mol. The van der Waals surface area contributed by atoms with E-state index in [1.54, 1.807) is 0 Å². The second kappa shape index (κ2) is 15.0. The second-order valence-electron chi connectivity index (χ2n) is 6.07. The first-order valence-corrected chi connectivity index (χ1v) is 10.7. The third-order valence-electron chi connectivity index (χ3n) is 3.84. The Labute approximate surface area is 162 Å². The summed E-state index contributed by atoms with van der Waals surface area (Å²) >= 11 is 1.52. The van der Waals surface area contributed by atoms with Crippen molar-refractivity contribution in [2.75, 3.05) is 25.5 Å². The first kappa shape index (κ1) is 23.0. The summed E-state index contributed by atoms with van der Waals surface area (Å²) in [7, 11) is 0. The number of ether oxygens (including phenoxy) is 1. The van der Waals surface area contributed by atoms with Gasteiger partial charge in [0.1, 0.15) is 0 Å². The van der Waals surface area contributed by atoms with Crippen molar-refractivity contribution in [2.24, 2.45) is 0 Å². The van der Waals surface area contributed by atoms with Gasteiger partial charge in [0, 0.05) is 18.4 Å². The maximum Gasteiger partial charge on any atom is 0.283 e.